The van der Waals surface area contributed by atoms with E-state index in [0.717, 1.165) is 0 Å². The molecule has 0 aliphatic heterocycles. The van der Waals surface area contributed by atoms with Crippen LogP contribution in [0.1, 0.15) is 2.85 Å². The number of hydrogen-bond acceptors (Lipinski definition) is 0. The zero-order chi connectivity index (χ0) is 0. The van der Waals surface area contributed by atoms with Crippen LogP contribution < -0.4 is 0 Å². The van der Waals surface area contributed by atoms with Gasteiger partial charge in [0.25, 0.3) is 0 Å². The van der Waals surface area contributed by atoms with E-state index >= 15 is 0 Å². The van der Waals surface area contributed by atoms with Crippen LogP contribution >= 0.6 is 0 Å². The molecule has 0 aromatic carbocycles. The van der Waals surface area contributed by atoms with Crippen LogP contribution in [-0.2, 0) is 0 Å². The van der Waals surface area contributed by atoms with Gasteiger partial charge in [0.2, 0.25) is 0 Å². The predicted molar refractivity (Wildman–Crippen MR) is 28.8 cm³/mol. The van der Waals surface area contributed by atoms with E-state index < -0.39 is 0 Å². The second-order valence-electron chi connectivity index (χ2n) is 0. The predicted octanol–water partition coefficient (Wildman–Crippen LogP) is -3.81. The smallest absolute Gasteiger partial charge is 1.00 e. The molecule has 0 aromatic rings. The third-order valence-corrected chi connectivity index (χ3v) is 0. The molecule has 3 nitrogen and oxygen atoms in total. The van der Waals surface area contributed by atoms with Crippen LogP contribution in [0.15, 0.2) is 0 Å². The maximum atomic E-state index is 0. The summed E-state index contributed by atoms with van der Waals surface area (Å²) < 4.78 is 0. The van der Waals surface area contributed by atoms with Gasteiger partial charge in [-0.25, -0.2) is 0 Å². The normalized spacial score (nSPS) is 0. The van der Waals surface area contributed by atoms with E-state index in [4.69, 9.17) is 0 Å². The van der Waals surface area contributed by atoms with Crippen LogP contribution in [-0.4, -0.2) is 82.7 Å². The molecule has 0 saturated heterocycles. The molecular formula is H11AlBaO3. The molecule has 34 valence electrons. The topological polar surface area (TPSA) is 94.5 Å². The van der Waals surface area contributed by atoms with Crippen molar-refractivity contribution in [1.29, 1.82) is 0 Å². The second-order valence-corrected chi connectivity index (χ2v) is 0. The molecule has 0 atom stereocenters. The Morgan fingerprint density at radius 3 is 0.800 bits per heavy atom. The van der Waals surface area contributed by atoms with Crippen molar-refractivity contribution >= 4 is 66.2 Å². The van der Waals surface area contributed by atoms with Gasteiger partial charge in [-0.05, 0) is 0 Å². The molecular weight excluding hydrogens is 212 g/mol. The van der Waals surface area contributed by atoms with Crippen LogP contribution in [0.25, 0.3) is 0 Å². The summed E-state index contributed by atoms with van der Waals surface area (Å²) in [5.41, 5.74) is 0. The van der Waals surface area contributed by atoms with Gasteiger partial charge < -0.3 is 19.3 Å². The summed E-state index contributed by atoms with van der Waals surface area (Å²) in [6.45, 7) is 0. The fourth-order valence-electron chi connectivity index (χ4n) is 0. The fraction of sp³-hybridized carbons (Fsp3) is 0. The van der Waals surface area contributed by atoms with Gasteiger partial charge in [-0.1, -0.05) is 0 Å². The summed E-state index contributed by atoms with van der Waals surface area (Å²) in [6.07, 6.45) is 0. The van der Waals surface area contributed by atoms with Crippen molar-refractivity contribution in [2.24, 2.45) is 0 Å². The molecule has 0 spiro atoms. The van der Waals surface area contributed by atoms with E-state index in [0.29, 0.717) is 0 Å². The van der Waals surface area contributed by atoms with Gasteiger partial charge >= 0.3 is 48.9 Å². The average Bonchev–Trinajstić information content (AvgIpc) is 0. The average molecular weight is 223 g/mol. The summed E-state index contributed by atoms with van der Waals surface area (Å²) in [4.78, 5) is 0. The first kappa shape index (κ1) is 63.5. The molecule has 5 heteroatoms. The van der Waals surface area contributed by atoms with E-state index in [2.05, 4.69) is 0 Å². The summed E-state index contributed by atoms with van der Waals surface area (Å²) in [7, 11) is 0. The molecule has 0 aliphatic carbocycles. The zero-order valence-electron chi connectivity index (χ0n) is 4.21. The van der Waals surface area contributed by atoms with Crippen molar-refractivity contribution in [2.45, 2.75) is 0 Å². The Morgan fingerprint density at radius 1 is 0.800 bits per heavy atom. The minimum absolute atomic E-state index is 0. The van der Waals surface area contributed by atoms with Gasteiger partial charge in [0, 0.05) is 0 Å². The molecule has 0 heterocycles. The van der Waals surface area contributed by atoms with E-state index in [-0.39, 0.29) is 85.5 Å². The largest absolute Gasteiger partial charge is 2.00 e. The van der Waals surface area contributed by atoms with Crippen molar-refractivity contribution in [3.05, 3.63) is 0 Å². The Balaban J connectivity index is 0. The quantitative estimate of drug-likeness (QED) is 0.376. The standard InChI is InChI=1S/Al.Ba.3H2O.5H/h;;3*1H2;;;;;/q;+2;;;;;;;2*-1. The van der Waals surface area contributed by atoms with Gasteiger partial charge in [-0.2, -0.15) is 0 Å². The molecule has 0 bridgehead atoms. The SMILES string of the molecule is O.O.O.[AlH3].[Ba+2].[H-].[H-]. The van der Waals surface area contributed by atoms with Crippen LogP contribution in [0.2, 0.25) is 0 Å². The van der Waals surface area contributed by atoms with Crippen LogP contribution in [0.5, 0.6) is 0 Å². The molecule has 0 aliphatic rings. The molecule has 0 unspecified atom stereocenters. The van der Waals surface area contributed by atoms with Crippen LogP contribution in [0.4, 0.5) is 0 Å². The minimum atomic E-state index is 0. The van der Waals surface area contributed by atoms with E-state index in [9.17, 15) is 0 Å². The zero-order valence-corrected chi connectivity index (χ0v) is 6.65. The molecule has 0 rings (SSSR count). The Bertz CT molecular complexity index is 12.9. The van der Waals surface area contributed by atoms with Crippen molar-refractivity contribution in [3.63, 3.8) is 0 Å². The fourth-order valence-corrected chi connectivity index (χ4v) is 0. The monoisotopic (exact) mass is 224 g/mol. The van der Waals surface area contributed by atoms with Gasteiger partial charge in [-0.3, -0.25) is 0 Å². The number of rotatable bonds is 0. The molecule has 0 radical (unpaired) electrons. The first-order valence-electron chi connectivity index (χ1n) is 0. The summed E-state index contributed by atoms with van der Waals surface area (Å²) >= 11 is 0. The summed E-state index contributed by atoms with van der Waals surface area (Å²) in [6, 6.07) is 0. The molecule has 6 N–H and O–H groups in total. The van der Waals surface area contributed by atoms with E-state index in [1.54, 1.807) is 0 Å². The molecule has 0 aromatic heterocycles. The third kappa shape index (κ3) is 24.1. The van der Waals surface area contributed by atoms with E-state index in [1.165, 1.54) is 0 Å². The maximum Gasteiger partial charge on any atom is 2.00 e. The summed E-state index contributed by atoms with van der Waals surface area (Å²) in [5.74, 6) is 0. The van der Waals surface area contributed by atoms with Gasteiger partial charge in [0.15, 0.2) is 17.4 Å². The summed E-state index contributed by atoms with van der Waals surface area (Å²) in [5, 5.41) is 0. The van der Waals surface area contributed by atoms with Crippen LogP contribution in [0, 0.1) is 0 Å². The Morgan fingerprint density at radius 2 is 0.800 bits per heavy atom. The minimum Gasteiger partial charge on any atom is -1.00 e. The van der Waals surface area contributed by atoms with Crippen LogP contribution in [0.3, 0.4) is 0 Å². The second kappa shape index (κ2) is 37.8. The Labute approximate surface area is 84.2 Å². The Hall–Kier alpha value is 1.98. The first-order chi connectivity index (χ1) is 0. The molecule has 0 fully saturated rings. The first-order valence-corrected chi connectivity index (χ1v) is 0. The number of hydrogen-bond donors (Lipinski definition) is 0. The Kier molecular flexibility index (Phi) is 480. The van der Waals surface area contributed by atoms with Gasteiger partial charge in [0.1, 0.15) is 0 Å². The van der Waals surface area contributed by atoms with Crippen molar-refractivity contribution in [3.8, 4) is 0 Å². The van der Waals surface area contributed by atoms with Gasteiger partial charge in [-0.15, -0.1) is 0 Å². The van der Waals surface area contributed by atoms with Gasteiger partial charge in [0.05, 0.1) is 0 Å². The molecule has 5 heavy (non-hydrogen) atoms. The van der Waals surface area contributed by atoms with Crippen molar-refractivity contribution in [1.82, 2.24) is 0 Å². The van der Waals surface area contributed by atoms with E-state index in [1.807, 2.05) is 0 Å². The maximum absolute atomic E-state index is 0. The molecule has 0 saturated carbocycles. The van der Waals surface area contributed by atoms with Crippen molar-refractivity contribution in [2.75, 3.05) is 0 Å². The molecule has 0 amide bonds. The third-order valence-electron chi connectivity index (χ3n) is 0. The van der Waals surface area contributed by atoms with Crippen molar-refractivity contribution < 1.29 is 19.3 Å².